The van der Waals surface area contributed by atoms with Crippen LogP contribution in [-0.4, -0.2) is 15.6 Å². The van der Waals surface area contributed by atoms with Gasteiger partial charge in [0, 0.05) is 18.3 Å². The average molecular weight is 219 g/mol. The normalized spacial score (nSPS) is 11.4. The molecule has 0 fully saturated rings. The van der Waals surface area contributed by atoms with Crippen LogP contribution in [-0.2, 0) is 0 Å². The molecule has 0 aliphatic carbocycles. The summed E-state index contributed by atoms with van der Waals surface area (Å²) in [5.74, 6) is 0. The Balaban J connectivity index is 2.17. The molecule has 0 radical (unpaired) electrons. The van der Waals surface area contributed by atoms with Crippen molar-refractivity contribution >= 4 is 14.8 Å². The summed E-state index contributed by atoms with van der Waals surface area (Å²) in [6.07, 6.45) is 0.171. The zero-order valence-electron chi connectivity index (χ0n) is 7.64. The number of halogens is 3. The summed E-state index contributed by atoms with van der Waals surface area (Å²) < 4.78 is 35.7. The van der Waals surface area contributed by atoms with E-state index in [1.165, 1.54) is 0 Å². The fourth-order valence-electron chi connectivity index (χ4n) is 1.08. The van der Waals surface area contributed by atoms with Gasteiger partial charge in [-0.1, -0.05) is 18.2 Å². The van der Waals surface area contributed by atoms with Gasteiger partial charge in [0.2, 0.25) is 0 Å². The van der Waals surface area contributed by atoms with Crippen LogP contribution in [0.25, 0.3) is 0 Å². The van der Waals surface area contributed by atoms with Gasteiger partial charge in [-0.15, -0.1) is 0 Å². The third-order valence-electron chi connectivity index (χ3n) is 1.74. The van der Waals surface area contributed by atoms with Crippen LogP contribution < -0.4 is 5.32 Å². The summed E-state index contributed by atoms with van der Waals surface area (Å²) in [6.45, 7) is 0.385. The molecule has 0 spiro atoms. The van der Waals surface area contributed by atoms with Crippen LogP contribution in [0.1, 0.15) is 6.42 Å². The summed E-state index contributed by atoms with van der Waals surface area (Å²) >= 11 is 0. The maximum absolute atomic E-state index is 11.9. The number of anilines is 1. The van der Waals surface area contributed by atoms with Crippen molar-refractivity contribution in [2.75, 3.05) is 11.9 Å². The minimum Gasteiger partial charge on any atom is -0.385 e. The van der Waals surface area contributed by atoms with E-state index in [2.05, 4.69) is 5.32 Å². The maximum atomic E-state index is 11.9. The van der Waals surface area contributed by atoms with Crippen molar-refractivity contribution in [3.8, 4) is 0 Å². The molecular formula is C9H12F3NSi. The van der Waals surface area contributed by atoms with Crippen LogP contribution in [0.5, 0.6) is 0 Å². The molecule has 0 aromatic heterocycles. The van der Waals surface area contributed by atoms with Gasteiger partial charge in [-0.25, -0.2) is 12.3 Å². The second-order valence-corrected chi connectivity index (χ2v) is 4.74. The molecule has 0 aliphatic heterocycles. The fraction of sp³-hybridized carbons (Fsp3) is 0.333. The summed E-state index contributed by atoms with van der Waals surface area (Å²) in [5, 5.41) is 2.94. The highest BCUT2D eigenvalue weighted by molar-refractivity contribution is 6.58. The van der Waals surface area contributed by atoms with E-state index >= 15 is 0 Å². The topological polar surface area (TPSA) is 12.0 Å². The molecule has 0 saturated heterocycles. The quantitative estimate of drug-likeness (QED) is 0.455. The van der Waals surface area contributed by atoms with Crippen molar-refractivity contribution in [3.63, 3.8) is 0 Å². The van der Waals surface area contributed by atoms with E-state index in [9.17, 15) is 12.3 Å². The van der Waals surface area contributed by atoms with Gasteiger partial charge in [-0.05, 0) is 18.6 Å². The van der Waals surface area contributed by atoms with Crippen LogP contribution in [0, 0.1) is 0 Å². The van der Waals surface area contributed by atoms with Gasteiger partial charge in [0.05, 0.1) is 0 Å². The largest absolute Gasteiger partial charge is 0.616 e. The van der Waals surface area contributed by atoms with Gasteiger partial charge in [-0.3, -0.25) is 0 Å². The number of nitrogens with one attached hydrogen (secondary N) is 1. The van der Waals surface area contributed by atoms with E-state index in [0.717, 1.165) is 5.69 Å². The van der Waals surface area contributed by atoms with E-state index in [1.807, 2.05) is 30.3 Å². The molecule has 1 N–H and O–H groups in total. The van der Waals surface area contributed by atoms with Gasteiger partial charge in [0.15, 0.2) is 0 Å². The second-order valence-electron chi connectivity index (χ2n) is 3.01. The first-order chi connectivity index (χ1) is 6.58. The van der Waals surface area contributed by atoms with Crippen LogP contribution in [0.2, 0.25) is 6.04 Å². The van der Waals surface area contributed by atoms with Crippen molar-refractivity contribution < 1.29 is 12.3 Å². The summed E-state index contributed by atoms with van der Waals surface area (Å²) in [6, 6.07) is 8.65. The molecule has 0 atom stereocenters. The van der Waals surface area contributed by atoms with E-state index in [4.69, 9.17) is 0 Å². The van der Waals surface area contributed by atoms with Gasteiger partial charge >= 0.3 is 9.08 Å². The molecule has 0 aliphatic rings. The second kappa shape index (κ2) is 5.04. The Morgan fingerprint density at radius 2 is 1.71 bits per heavy atom. The Hall–Kier alpha value is -0.973. The highest BCUT2D eigenvalue weighted by Crippen LogP contribution is 2.16. The zero-order valence-corrected chi connectivity index (χ0v) is 8.64. The minimum absolute atomic E-state index is 0.171. The Kier molecular flexibility index (Phi) is 4.00. The van der Waals surface area contributed by atoms with Crippen LogP contribution >= 0.6 is 0 Å². The summed E-state index contributed by atoms with van der Waals surface area (Å²) in [4.78, 5) is 0. The number of rotatable bonds is 5. The number of hydrogen-bond donors (Lipinski definition) is 1. The van der Waals surface area contributed by atoms with Crippen molar-refractivity contribution in [1.29, 1.82) is 0 Å². The van der Waals surface area contributed by atoms with E-state index in [0.29, 0.717) is 6.54 Å². The number of hydrogen-bond acceptors (Lipinski definition) is 1. The molecule has 0 unspecified atom stereocenters. The average Bonchev–Trinajstić information content (AvgIpc) is 2.13. The third kappa shape index (κ3) is 4.91. The maximum Gasteiger partial charge on any atom is 0.616 e. The fourth-order valence-corrected chi connectivity index (χ4v) is 1.66. The van der Waals surface area contributed by atoms with Crippen molar-refractivity contribution in [2.45, 2.75) is 12.5 Å². The van der Waals surface area contributed by atoms with Crippen molar-refractivity contribution in [3.05, 3.63) is 30.3 Å². The molecule has 0 saturated carbocycles. The molecular weight excluding hydrogens is 207 g/mol. The zero-order chi connectivity index (χ0) is 10.4. The Bertz CT molecular complexity index is 261. The lowest BCUT2D eigenvalue weighted by atomic mass is 10.3. The molecule has 1 aromatic carbocycles. The molecule has 5 heteroatoms. The standard InChI is InChI=1S/C9H12F3NSi/c10-14(11,12)8-4-7-13-9-5-2-1-3-6-9/h1-3,5-6,13H,4,7-8H2. The lowest BCUT2D eigenvalue weighted by molar-refractivity contribution is 0.465. The van der Waals surface area contributed by atoms with Gasteiger partial charge < -0.3 is 5.32 Å². The molecule has 78 valence electrons. The lowest BCUT2D eigenvalue weighted by Gasteiger charge is -2.06. The molecule has 0 amide bonds. The third-order valence-corrected chi connectivity index (χ3v) is 2.66. The van der Waals surface area contributed by atoms with E-state index in [1.54, 1.807) is 0 Å². The SMILES string of the molecule is F[Si](F)(F)CCCNc1ccccc1. The van der Waals surface area contributed by atoms with Gasteiger partial charge in [0.25, 0.3) is 0 Å². The molecule has 0 bridgehead atoms. The van der Waals surface area contributed by atoms with Gasteiger partial charge in [-0.2, -0.15) is 0 Å². The predicted molar refractivity (Wildman–Crippen MR) is 53.4 cm³/mol. The molecule has 1 aromatic rings. The first-order valence-corrected chi connectivity index (χ1v) is 6.28. The Morgan fingerprint density at radius 3 is 2.29 bits per heavy atom. The minimum atomic E-state index is -5.34. The first kappa shape index (κ1) is 11.1. The van der Waals surface area contributed by atoms with Crippen LogP contribution in [0.3, 0.4) is 0 Å². The van der Waals surface area contributed by atoms with E-state index in [-0.39, 0.29) is 6.42 Å². The Morgan fingerprint density at radius 1 is 1.07 bits per heavy atom. The van der Waals surface area contributed by atoms with Crippen LogP contribution in [0.4, 0.5) is 18.0 Å². The molecule has 0 heterocycles. The molecule has 14 heavy (non-hydrogen) atoms. The van der Waals surface area contributed by atoms with Crippen LogP contribution in [0.15, 0.2) is 30.3 Å². The number of benzene rings is 1. The smallest absolute Gasteiger partial charge is 0.385 e. The monoisotopic (exact) mass is 219 g/mol. The van der Waals surface area contributed by atoms with Crippen molar-refractivity contribution in [2.24, 2.45) is 0 Å². The first-order valence-electron chi connectivity index (χ1n) is 4.43. The predicted octanol–water partition coefficient (Wildman–Crippen LogP) is 3.34. The van der Waals surface area contributed by atoms with E-state index < -0.39 is 15.1 Å². The van der Waals surface area contributed by atoms with Crippen molar-refractivity contribution in [1.82, 2.24) is 0 Å². The van der Waals surface area contributed by atoms with Gasteiger partial charge in [0.1, 0.15) is 0 Å². The highest BCUT2D eigenvalue weighted by atomic mass is 28.5. The molecule has 1 rings (SSSR count). The lowest BCUT2D eigenvalue weighted by Crippen LogP contribution is -2.16. The number of para-hydroxylation sites is 1. The molecule has 1 nitrogen and oxygen atoms in total. The highest BCUT2D eigenvalue weighted by Gasteiger charge is 2.35. The summed E-state index contributed by atoms with van der Waals surface area (Å²) in [5.41, 5.74) is 0.872. The Labute approximate surface area is 82.5 Å². The summed E-state index contributed by atoms with van der Waals surface area (Å²) in [7, 11) is -5.34.